The van der Waals surface area contributed by atoms with Crippen LogP contribution in [0.25, 0.3) is 11.1 Å². The first-order valence-electron chi connectivity index (χ1n) is 10.2. The van der Waals surface area contributed by atoms with Gasteiger partial charge < -0.3 is 9.15 Å². The molecule has 2 aromatic heterocycles. The molecular weight excluding hydrogens is 450 g/mol. The third kappa shape index (κ3) is 8.98. The van der Waals surface area contributed by atoms with Crippen LogP contribution < -0.4 is 9.88 Å². The number of pyridine rings is 1. The fourth-order valence-electron chi connectivity index (χ4n) is 3.33. The molecule has 0 bridgehead atoms. The molecule has 32 heavy (non-hydrogen) atoms. The Hall–Kier alpha value is -2.42. The Morgan fingerprint density at radius 1 is 1.22 bits per heavy atom. The molecule has 9 heteroatoms. The summed E-state index contributed by atoms with van der Waals surface area (Å²) in [6.07, 6.45) is 9.41. The van der Waals surface area contributed by atoms with Crippen LogP contribution in [0.15, 0.2) is 53.3 Å². The van der Waals surface area contributed by atoms with Crippen molar-refractivity contribution >= 4 is 21.6 Å². The molecule has 1 aliphatic carbocycles. The number of benzene rings is 1. The molecule has 1 saturated carbocycles. The van der Waals surface area contributed by atoms with Gasteiger partial charge in [0.1, 0.15) is 6.26 Å². The minimum atomic E-state index is -3.17. The van der Waals surface area contributed by atoms with Gasteiger partial charge in [-0.05, 0) is 37.5 Å². The number of ether oxygens (including phenoxy) is 1. The van der Waals surface area contributed by atoms with Crippen LogP contribution in [-0.2, 0) is 15.9 Å². The van der Waals surface area contributed by atoms with Crippen molar-refractivity contribution in [2.45, 2.75) is 44.4 Å². The first kappa shape index (κ1) is 25.8. The number of oxazole rings is 1. The van der Waals surface area contributed by atoms with Crippen LogP contribution in [0.5, 0.6) is 5.88 Å². The van der Waals surface area contributed by atoms with Gasteiger partial charge in [0.15, 0.2) is 5.89 Å². The lowest BCUT2D eigenvalue weighted by Gasteiger charge is -2.07. The van der Waals surface area contributed by atoms with Crippen LogP contribution in [0.2, 0.25) is 0 Å². The van der Waals surface area contributed by atoms with Crippen LogP contribution >= 0.6 is 11.6 Å². The van der Waals surface area contributed by atoms with Crippen LogP contribution in [0.1, 0.15) is 48.7 Å². The Morgan fingerprint density at radius 3 is 2.47 bits per heavy atom. The molecule has 0 radical (unpaired) electrons. The number of sulfonamides is 1. The maximum absolute atomic E-state index is 9.41. The lowest BCUT2D eigenvalue weighted by atomic mass is 10.1. The molecule has 7 nitrogen and oxygen atoms in total. The van der Waals surface area contributed by atoms with Gasteiger partial charge in [-0.15, -0.1) is 11.6 Å². The molecule has 0 unspecified atom stereocenters. The van der Waals surface area contributed by atoms with E-state index in [-0.39, 0.29) is 0 Å². The van der Waals surface area contributed by atoms with E-state index in [0.717, 1.165) is 29.0 Å². The number of nitrogens with zero attached hydrogens (tertiary/aromatic N) is 2. The topological polar surface area (TPSA) is 108 Å². The van der Waals surface area contributed by atoms with Gasteiger partial charge in [0, 0.05) is 17.7 Å². The summed E-state index contributed by atoms with van der Waals surface area (Å²) in [5.41, 5.74) is 4.26. The van der Waals surface area contributed by atoms with Crippen LogP contribution in [0.3, 0.4) is 0 Å². The molecule has 0 amide bonds. The van der Waals surface area contributed by atoms with Gasteiger partial charge in [-0.3, -0.25) is 0 Å². The fraction of sp³-hybridized carbons (Fsp3) is 0.391. The second kappa shape index (κ2) is 12.6. The third-order valence-electron chi connectivity index (χ3n) is 4.70. The Bertz CT molecular complexity index is 1070. The predicted octanol–water partition coefficient (Wildman–Crippen LogP) is 5.04. The van der Waals surface area contributed by atoms with Gasteiger partial charge in [0.2, 0.25) is 15.9 Å². The highest BCUT2D eigenvalue weighted by atomic mass is 35.5. The molecule has 1 aliphatic rings. The van der Waals surface area contributed by atoms with E-state index < -0.39 is 10.0 Å². The third-order valence-corrected chi connectivity index (χ3v) is 4.98. The summed E-state index contributed by atoms with van der Waals surface area (Å²) in [5, 5.41) is 4.33. The van der Waals surface area contributed by atoms with Crippen molar-refractivity contribution in [1.82, 2.24) is 9.97 Å². The van der Waals surface area contributed by atoms with Gasteiger partial charge in [-0.25, -0.2) is 23.5 Å². The van der Waals surface area contributed by atoms with E-state index in [0.29, 0.717) is 17.7 Å². The maximum Gasteiger partial charge on any atom is 0.221 e. The minimum Gasteiger partial charge on any atom is -0.481 e. The summed E-state index contributed by atoms with van der Waals surface area (Å²) in [4.78, 5) is 8.49. The van der Waals surface area contributed by atoms with Crippen molar-refractivity contribution in [3.05, 3.63) is 66.0 Å². The number of alkyl halides is 1. The molecule has 2 N–H and O–H groups in total. The zero-order valence-corrected chi connectivity index (χ0v) is 20.2. The van der Waals surface area contributed by atoms with Crippen LogP contribution in [0.4, 0.5) is 0 Å². The lowest BCUT2D eigenvalue weighted by molar-refractivity contribution is 0.399. The number of aryl methyl sites for hydroxylation is 1. The smallest absolute Gasteiger partial charge is 0.221 e. The van der Waals surface area contributed by atoms with Crippen molar-refractivity contribution in [2.75, 3.05) is 13.4 Å². The van der Waals surface area contributed by atoms with Crippen molar-refractivity contribution in [3.8, 4) is 17.0 Å². The number of aromatic nitrogens is 2. The zero-order chi connectivity index (χ0) is 23.6. The van der Waals surface area contributed by atoms with E-state index in [9.17, 15) is 8.42 Å². The highest BCUT2D eigenvalue weighted by molar-refractivity contribution is 7.88. The summed E-state index contributed by atoms with van der Waals surface area (Å²) < 4.78 is 29.4. The molecule has 1 aromatic carbocycles. The number of halogens is 1. The average molecular weight is 480 g/mol. The quantitative estimate of drug-likeness (QED) is 0.525. The highest BCUT2D eigenvalue weighted by Crippen LogP contribution is 2.33. The van der Waals surface area contributed by atoms with Crippen LogP contribution in [0, 0.1) is 6.92 Å². The molecule has 0 saturated heterocycles. The van der Waals surface area contributed by atoms with Crippen molar-refractivity contribution < 1.29 is 17.6 Å². The SMILES string of the molecule is COc1ncccc1-c1cccc(C)c1.CS(N)(=O)=O.ClCc1coc(C2CCCC2)n1. The molecular formula is C23H30ClN3O4S. The lowest BCUT2D eigenvalue weighted by Crippen LogP contribution is -2.07. The van der Waals surface area contributed by atoms with E-state index in [1.165, 1.54) is 31.2 Å². The van der Waals surface area contributed by atoms with Gasteiger partial charge in [-0.1, -0.05) is 42.7 Å². The second-order valence-electron chi connectivity index (χ2n) is 7.55. The summed E-state index contributed by atoms with van der Waals surface area (Å²) in [5.74, 6) is 2.57. The minimum absolute atomic E-state index is 0.455. The number of rotatable bonds is 4. The molecule has 3 aromatic rings. The first-order valence-corrected chi connectivity index (χ1v) is 12.7. The Labute approximate surface area is 195 Å². The molecule has 174 valence electrons. The zero-order valence-electron chi connectivity index (χ0n) is 18.6. The van der Waals surface area contributed by atoms with Gasteiger partial charge in [-0.2, -0.15) is 0 Å². The molecule has 0 spiro atoms. The highest BCUT2D eigenvalue weighted by Gasteiger charge is 2.21. The molecule has 4 rings (SSSR count). The van der Waals surface area contributed by atoms with Crippen molar-refractivity contribution in [3.63, 3.8) is 0 Å². The summed E-state index contributed by atoms with van der Waals surface area (Å²) >= 11 is 5.62. The Kier molecular flexibility index (Phi) is 10.2. The molecule has 2 heterocycles. The Morgan fingerprint density at radius 2 is 1.91 bits per heavy atom. The van der Waals surface area contributed by atoms with Gasteiger partial charge in [0.25, 0.3) is 0 Å². The van der Waals surface area contributed by atoms with Gasteiger partial charge in [0.05, 0.1) is 24.9 Å². The summed E-state index contributed by atoms with van der Waals surface area (Å²) in [6.45, 7) is 2.08. The normalized spacial score (nSPS) is 13.5. The largest absolute Gasteiger partial charge is 0.481 e. The number of hydrogen-bond acceptors (Lipinski definition) is 6. The summed E-state index contributed by atoms with van der Waals surface area (Å²) in [6, 6.07) is 12.2. The number of methoxy groups -OCH3 is 1. The maximum atomic E-state index is 9.41. The molecule has 0 atom stereocenters. The van der Waals surface area contributed by atoms with Crippen LogP contribution in [-0.4, -0.2) is 31.8 Å². The number of nitrogens with two attached hydrogens (primary N) is 1. The van der Waals surface area contributed by atoms with E-state index in [1.807, 2.05) is 18.2 Å². The average Bonchev–Trinajstić information content (AvgIpc) is 3.44. The first-order chi connectivity index (χ1) is 15.2. The van der Waals surface area contributed by atoms with E-state index >= 15 is 0 Å². The standard InChI is InChI=1S/C13H13NO.C9H12ClNO.CH5NO2S/c1-10-5-3-6-11(9-10)12-7-4-8-14-13(12)15-2;10-5-8-6-12-9(11-8)7-3-1-2-4-7;1-5(2,3)4/h3-9H,1-2H3;6-7H,1-5H2;1H3,(H2,2,3,4). The van der Waals surface area contributed by atoms with Crippen molar-refractivity contribution in [2.24, 2.45) is 5.14 Å². The van der Waals surface area contributed by atoms with E-state index in [2.05, 4.69) is 40.2 Å². The van der Waals surface area contributed by atoms with E-state index in [1.54, 1.807) is 19.6 Å². The van der Waals surface area contributed by atoms with E-state index in [4.69, 9.17) is 20.8 Å². The van der Waals surface area contributed by atoms with Gasteiger partial charge >= 0.3 is 0 Å². The number of primary sulfonamides is 1. The molecule has 0 aliphatic heterocycles. The monoisotopic (exact) mass is 479 g/mol. The Balaban J connectivity index is 0.000000191. The predicted molar refractivity (Wildman–Crippen MR) is 127 cm³/mol. The number of hydrogen-bond donors (Lipinski definition) is 1. The second-order valence-corrected chi connectivity index (χ2v) is 9.48. The summed E-state index contributed by atoms with van der Waals surface area (Å²) in [7, 11) is -1.53. The van der Waals surface area contributed by atoms with Crippen molar-refractivity contribution in [1.29, 1.82) is 0 Å². The molecule has 1 fully saturated rings. The fourth-order valence-corrected chi connectivity index (χ4v) is 3.45.